The third-order valence-electron chi connectivity index (χ3n) is 2.49. The third kappa shape index (κ3) is 5.54. The molecule has 1 N–H and O–H groups in total. The summed E-state index contributed by atoms with van der Waals surface area (Å²) >= 11 is 8.11. The van der Waals surface area contributed by atoms with Crippen LogP contribution in [0.2, 0.25) is 5.02 Å². The average Bonchev–Trinajstić information content (AvgIpc) is 2.36. The summed E-state index contributed by atoms with van der Waals surface area (Å²) < 4.78 is 5.91. The smallest absolute Gasteiger partial charge is 0.251 e. The lowest BCUT2D eigenvalue weighted by atomic mass is 10.2. The van der Waals surface area contributed by atoms with Gasteiger partial charge in [0.15, 0.2) is 0 Å². The largest absolute Gasteiger partial charge is 0.385 e. The number of carbonyl (C=O) groups is 1. The van der Waals surface area contributed by atoms with Gasteiger partial charge in [0.1, 0.15) is 0 Å². The number of amides is 1. The normalized spacial score (nSPS) is 10.4. The second-order valence-corrected chi connectivity index (χ2v) is 5.51. The molecule has 18 heavy (non-hydrogen) atoms. The van der Waals surface area contributed by atoms with E-state index >= 15 is 0 Å². The van der Waals surface area contributed by atoms with Crippen LogP contribution < -0.4 is 5.32 Å². The molecule has 0 aliphatic rings. The number of nitrogens with one attached hydrogen (secondary N) is 1. The summed E-state index contributed by atoms with van der Waals surface area (Å²) in [5.74, 6) is -0.0694. The van der Waals surface area contributed by atoms with Gasteiger partial charge in [-0.15, -0.1) is 0 Å². The summed E-state index contributed by atoms with van der Waals surface area (Å²) in [5, 5.41) is 3.50. The van der Waals surface area contributed by atoms with Crippen LogP contribution in [-0.2, 0) is 4.74 Å². The minimum Gasteiger partial charge on any atom is -0.385 e. The average molecular weight is 382 g/mol. The highest BCUT2D eigenvalue weighted by Crippen LogP contribution is 2.19. The molecule has 0 saturated heterocycles. The summed E-state index contributed by atoms with van der Waals surface area (Å²) in [6, 6.07) is 5.33. The summed E-state index contributed by atoms with van der Waals surface area (Å²) in [4.78, 5) is 11.8. The van der Waals surface area contributed by atoms with Gasteiger partial charge in [-0.05, 0) is 60.1 Å². The van der Waals surface area contributed by atoms with Crippen LogP contribution >= 0.6 is 34.2 Å². The molecule has 1 aromatic carbocycles. The number of hydrogen-bond acceptors (Lipinski definition) is 2. The van der Waals surface area contributed by atoms with Crippen molar-refractivity contribution >= 4 is 40.1 Å². The number of hydrogen-bond donors (Lipinski definition) is 1. The summed E-state index contributed by atoms with van der Waals surface area (Å²) in [6.45, 7) is 1.47. The van der Waals surface area contributed by atoms with Crippen molar-refractivity contribution in [2.45, 2.75) is 19.3 Å². The van der Waals surface area contributed by atoms with E-state index in [9.17, 15) is 4.79 Å². The molecule has 5 heteroatoms. The SMILES string of the molecule is COCCCCCNC(=O)c1ccc(I)c(Cl)c1. The van der Waals surface area contributed by atoms with E-state index in [1.54, 1.807) is 19.2 Å². The molecular weight excluding hydrogens is 365 g/mol. The number of ether oxygens (including phenoxy) is 1. The Morgan fingerprint density at radius 2 is 2.17 bits per heavy atom. The van der Waals surface area contributed by atoms with Gasteiger partial charge in [-0.3, -0.25) is 4.79 Å². The molecule has 0 aliphatic heterocycles. The van der Waals surface area contributed by atoms with Crippen LogP contribution in [0.25, 0.3) is 0 Å². The van der Waals surface area contributed by atoms with E-state index in [1.807, 2.05) is 6.07 Å². The number of carbonyl (C=O) groups excluding carboxylic acids is 1. The van der Waals surface area contributed by atoms with Crippen molar-refractivity contribution in [2.24, 2.45) is 0 Å². The number of benzene rings is 1. The van der Waals surface area contributed by atoms with E-state index in [-0.39, 0.29) is 5.91 Å². The molecule has 0 bridgehead atoms. The molecule has 0 radical (unpaired) electrons. The molecule has 1 rings (SSSR count). The van der Waals surface area contributed by atoms with Gasteiger partial charge >= 0.3 is 0 Å². The van der Waals surface area contributed by atoms with Gasteiger partial charge in [0.25, 0.3) is 5.91 Å². The fourth-order valence-electron chi connectivity index (χ4n) is 1.49. The van der Waals surface area contributed by atoms with Crippen LogP contribution in [0.4, 0.5) is 0 Å². The first-order valence-electron chi connectivity index (χ1n) is 5.87. The van der Waals surface area contributed by atoms with E-state index in [0.29, 0.717) is 17.1 Å². The molecule has 0 saturated carbocycles. The lowest BCUT2D eigenvalue weighted by Gasteiger charge is -2.06. The number of halogens is 2. The fraction of sp³-hybridized carbons (Fsp3) is 0.462. The fourth-order valence-corrected chi connectivity index (χ4v) is 2.01. The minimum atomic E-state index is -0.0694. The standard InChI is InChI=1S/C13H17ClINO2/c1-18-8-4-2-3-7-16-13(17)10-5-6-12(15)11(14)9-10/h5-6,9H,2-4,7-8H2,1H3,(H,16,17). The molecule has 0 heterocycles. The highest BCUT2D eigenvalue weighted by Gasteiger charge is 2.06. The molecule has 0 aromatic heterocycles. The number of rotatable bonds is 7. The van der Waals surface area contributed by atoms with Crippen LogP contribution in [0.15, 0.2) is 18.2 Å². The van der Waals surface area contributed by atoms with Gasteiger partial charge in [-0.2, -0.15) is 0 Å². The van der Waals surface area contributed by atoms with Crippen molar-refractivity contribution in [3.05, 3.63) is 32.4 Å². The maximum Gasteiger partial charge on any atom is 0.251 e. The molecule has 0 fully saturated rings. The van der Waals surface area contributed by atoms with Crippen molar-refractivity contribution in [3.8, 4) is 0 Å². The minimum absolute atomic E-state index is 0.0694. The summed E-state index contributed by atoms with van der Waals surface area (Å²) in [6.07, 6.45) is 3.05. The van der Waals surface area contributed by atoms with E-state index in [4.69, 9.17) is 16.3 Å². The predicted octanol–water partition coefficient (Wildman–Crippen LogP) is 3.49. The second kappa shape index (κ2) is 8.72. The Morgan fingerprint density at radius 1 is 1.39 bits per heavy atom. The Kier molecular flexibility index (Phi) is 7.62. The molecule has 1 amide bonds. The van der Waals surface area contributed by atoms with Crippen molar-refractivity contribution < 1.29 is 9.53 Å². The quantitative estimate of drug-likeness (QED) is 0.580. The second-order valence-electron chi connectivity index (χ2n) is 3.94. The third-order valence-corrected chi connectivity index (χ3v) is 4.06. The van der Waals surface area contributed by atoms with E-state index in [2.05, 4.69) is 27.9 Å². The Labute approximate surface area is 126 Å². The Balaban J connectivity index is 2.30. The molecule has 0 unspecified atom stereocenters. The lowest BCUT2D eigenvalue weighted by Crippen LogP contribution is -2.24. The first-order valence-corrected chi connectivity index (χ1v) is 7.33. The highest BCUT2D eigenvalue weighted by molar-refractivity contribution is 14.1. The summed E-state index contributed by atoms with van der Waals surface area (Å²) in [7, 11) is 1.70. The van der Waals surface area contributed by atoms with Crippen molar-refractivity contribution in [3.63, 3.8) is 0 Å². The Bertz CT molecular complexity index is 399. The maximum atomic E-state index is 11.8. The van der Waals surface area contributed by atoms with E-state index in [0.717, 1.165) is 29.4 Å². The van der Waals surface area contributed by atoms with Gasteiger partial charge in [0.2, 0.25) is 0 Å². The molecule has 100 valence electrons. The molecule has 0 aliphatic carbocycles. The van der Waals surface area contributed by atoms with E-state index < -0.39 is 0 Å². The van der Waals surface area contributed by atoms with Gasteiger partial charge in [0.05, 0.1) is 5.02 Å². The first-order chi connectivity index (χ1) is 8.65. The zero-order valence-electron chi connectivity index (χ0n) is 10.3. The molecule has 0 atom stereocenters. The van der Waals surface area contributed by atoms with Crippen molar-refractivity contribution in [1.29, 1.82) is 0 Å². The van der Waals surface area contributed by atoms with Crippen molar-refractivity contribution in [1.82, 2.24) is 5.32 Å². The first kappa shape index (κ1) is 15.7. The number of methoxy groups -OCH3 is 1. The lowest BCUT2D eigenvalue weighted by molar-refractivity contribution is 0.0952. The molecule has 3 nitrogen and oxygen atoms in total. The van der Waals surface area contributed by atoms with Gasteiger partial charge in [-0.25, -0.2) is 0 Å². The molecular formula is C13H17ClINO2. The Morgan fingerprint density at radius 3 is 2.83 bits per heavy atom. The zero-order chi connectivity index (χ0) is 13.4. The van der Waals surface area contributed by atoms with Gasteiger partial charge < -0.3 is 10.1 Å². The predicted molar refractivity (Wildman–Crippen MR) is 82.2 cm³/mol. The zero-order valence-corrected chi connectivity index (χ0v) is 13.3. The monoisotopic (exact) mass is 381 g/mol. The topological polar surface area (TPSA) is 38.3 Å². The number of unbranched alkanes of at least 4 members (excludes halogenated alkanes) is 2. The van der Waals surface area contributed by atoms with Crippen LogP contribution in [0.5, 0.6) is 0 Å². The molecule has 1 aromatic rings. The van der Waals surface area contributed by atoms with Crippen LogP contribution in [0, 0.1) is 3.57 Å². The van der Waals surface area contributed by atoms with Gasteiger partial charge in [0, 0.05) is 29.4 Å². The summed E-state index contributed by atoms with van der Waals surface area (Å²) in [5.41, 5.74) is 0.609. The Hall–Kier alpha value is -0.330. The van der Waals surface area contributed by atoms with Crippen molar-refractivity contribution in [2.75, 3.05) is 20.3 Å². The van der Waals surface area contributed by atoms with E-state index in [1.165, 1.54) is 0 Å². The molecule has 0 spiro atoms. The maximum absolute atomic E-state index is 11.8. The van der Waals surface area contributed by atoms with Crippen LogP contribution in [0.3, 0.4) is 0 Å². The van der Waals surface area contributed by atoms with Crippen LogP contribution in [-0.4, -0.2) is 26.2 Å². The highest BCUT2D eigenvalue weighted by atomic mass is 127. The van der Waals surface area contributed by atoms with Gasteiger partial charge in [-0.1, -0.05) is 11.6 Å². The van der Waals surface area contributed by atoms with Crippen LogP contribution in [0.1, 0.15) is 29.6 Å².